The zero-order valence-corrected chi connectivity index (χ0v) is 12.3. The number of hydrogen-bond acceptors (Lipinski definition) is 4. The first kappa shape index (κ1) is 13.8. The van der Waals surface area contributed by atoms with Gasteiger partial charge in [0.15, 0.2) is 0 Å². The molecule has 0 atom stereocenters. The van der Waals surface area contributed by atoms with E-state index in [4.69, 9.17) is 5.73 Å². The fourth-order valence-corrected chi connectivity index (χ4v) is 3.54. The van der Waals surface area contributed by atoms with Gasteiger partial charge in [-0.25, -0.2) is 0 Å². The van der Waals surface area contributed by atoms with Gasteiger partial charge in [0.25, 0.3) is 11.8 Å². The minimum absolute atomic E-state index is 0.197. The summed E-state index contributed by atoms with van der Waals surface area (Å²) >= 11 is 2.77. The largest absolute Gasteiger partial charge is 0.366 e. The summed E-state index contributed by atoms with van der Waals surface area (Å²) in [5.74, 6) is -0.731. The summed E-state index contributed by atoms with van der Waals surface area (Å²) in [7, 11) is 0. The smallest absolute Gasteiger partial charge is 0.266 e. The van der Waals surface area contributed by atoms with Gasteiger partial charge < -0.3 is 11.1 Å². The SMILES string of the molecule is CCc1sc(C(=O)Nc2sccc2C(N)=O)cc1C. The van der Waals surface area contributed by atoms with Crippen LogP contribution in [0.3, 0.4) is 0 Å². The number of amides is 2. The van der Waals surface area contributed by atoms with E-state index in [-0.39, 0.29) is 5.91 Å². The fraction of sp³-hybridized carbons (Fsp3) is 0.231. The molecule has 2 aromatic rings. The summed E-state index contributed by atoms with van der Waals surface area (Å²) in [4.78, 5) is 25.2. The summed E-state index contributed by atoms with van der Waals surface area (Å²) in [6.45, 7) is 4.05. The lowest BCUT2D eigenvalue weighted by Gasteiger charge is -2.02. The van der Waals surface area contributed by atoms with E-state index in [1.807, 2.05) is 13.0 Å². The van der Waals surface area contributed by atoms with Crippen molar-refractivity contribution in [2.24, 2.45) is 5.73 Å². The molecule has 2 rings (SSSR count). The van der Waals surface area contributed by atoms with Crippen LogP contribution >= 0.6 is 22.7 Å². The summed E-state index contributed by atoms with van der Waals surface area (Å²) in [6.07, 6.45) is 0.912. The molecule has 0 radical (unpaired) electrons. The Kier molecular flexibility index (Phi) is 4.01. The van der Waals surface area contributed by atoms with Gasteiger partial charge in [-0.2, -0.15) is 0 Å². The molecule has 0 spiro atoms. The number of carbonyl (C=O) groups is 2. The highest BCUT2D eigenvalue weighted by Crippen LogP contribution is 2.26. The van der Waals surface area contributed by atoms with Crippen molar-refractivity contribution < 1.29 is 9.59 Å². The number of hydrogen-bond donors (Lipinski definition) is 2. The topological polar surface area (TPSA) is 72.2 Å². The maximum atomic E-state index is 12.1. The third-order valence-corrected chi connectivity index (χ3v) is 4.93. The number of anilines is 1. The van der Waals surface area contributed by atoms with E-state index in [0.29, 0.717) is 15.4 Å². The lowest BCUT2D eigenvalue weighted by Crippen LogP contribution is -2.15. The molecular formula is C13H14N2O2S2. The standard InChI is InChI=1S/C13H14N2O2S2/c1-3-9-7(2)6-10(19-9)12(17)15-13-8(11(14)16)4-5-18-13/h4-6H,3H2,1-2H3,(H2,14,16)(H,15,17). The quantitative estimate of drug-likeness (QED) is 0.909. The normalized spacial score (nSPS) is 10.4. The van der Waals surface area contributed by atoms with E-state index in [2.05, 4.69) is 12.2 Å². The Morgan fingerprint density at radius 1 is 1.42 bits per heavy atom. The first-order valence-electron chi connectivity index (χ1n) is 5.81. The Labute approximate surface area is 119 Å². The van der Waals surface area contributed by atoms with E-state index in [1.165, 1.54) is 27.6 Å². The number of rotatable bonds is 4. The van der Waals surface area contributed by atoms with Gasteiger partial charge in [0.1, 0.15) is 5.00 Å². The molecule has 2 aromatic heterocycles. The first-order valence-corrected chi connectivity index (χ1v) is 7.50. The Hall–Kier alpha value is -1.66. The van der Waals surface area contributed by atoms with Gasteiger partial charge in [-0.1, -0.05) is 6.92 Å². The molecule has 2 amide bonds. The Morgan fingerprint density at radius 2 is 2.16 bits per heavy atom. The Balaban J connectivity index is 2.20. The van der Waals surface area contributed by atoms with Crippen molar-refractivity contribution in [2.75, 3.05) is 5.32 Å². The Bertz CT molecular complexity index is 628. The molecule has 0 unspecified atom stereocenters. The summed E-state index contributed by atoms with van der Waals surface area (Å²) in [5.41, 5.74) is 6.72. The second-order valence-corrected chi connectivity index (χ2v) is 6.11. The van der Waals surface area contributed by atoms with Gasteiger partial charge >= 0.3 is 0 Å². The molecule has 100 valence electrons. The molecule has 0 fully saturated rings. The van der Waals surface area contributed by atoms with Crippen LogP contribution in [-0.2, 0) is 6.42 Å². The molecule has 0 aliphatic heterocycles. The van der Waals surface area contributed by atoms with Gasteiger partial charge in [-0.3, -0.25) is 9.59 Å². The highest BCUT2D eigenvalue weighted by molar-refractivity contribution is 7.15. The molecule has 0 saturated carbocycles. The van der Waals surface area contributed by atoms with E-state index in [9.17, 15) is 9.59 Å². The predicted octanol–water partition coefficient (Wildman–Crippen LogP) is 3.03. The van der Waals surface area contributed by atoms with Crippen LogP contribution < -0.4 is 11.1 Å². The number of aryl methyl sites for hydroxylation is 2. The monoisotopic (exact) mass is 294 g/mol. The van der Waals surface area contributed by atoms with Crippen molar-refractivity contribution in [3.8, 4) is 0 Å². The van der Waals surface area contributed by atoms with Gasteiger partial charge in [0.05, 0.1) is 10.4 Å². The predicted molar refractivity (Wildman–Crippen MR) is 79.2 cm³/mol. The van der Waals surface area contributed by atoms with Gasteiger partial charge in [-0.05, 0) is 36.4 Å². The lowest BCUT2D eigenvalue weighted by molar-refractivity contribution is 0.100. The maximum Gasteiger partial charge on any atom is 0.266 e. The van der Waals surface area contributed by atoms with E-state index >= 15 is 0 Å². The second kappa shape index (κ2) is 5.54. The van der Waals surface area contributed by atoms with E-state index in [1.54, 1.807) is 11.4 Å². The average molecular weight is 294 g/mol. The first-order chi connectivity index (χ1) is 9.02. The molecule has 3 N–H and O–H groups in total. The number of thiophene rings is 2. The molecule has 0 saturated heterocycles. The Morgan fingerprint density at radius 3 is 2.74 bits per heavy atom. The third kappa shape index (κ3) is 2.85. The number of primary amides is 1. The highest BCUT2D eigenvalue weighted by atomic mass is 32.1. The minimum atomic E-state index is -0.534. The van der Waals surface area contributed by atoms with Gasteiger partial charge in [-0.15, -0.1) is 22.7 Å². The van der Waals surface area contributed by atoms with Crippen LogP contribution in [0, 0.1) is 6.92 Å². The van der Waals surface area contributed by atoms with Gasteiger partial charge in [0, 0.05) is 4.88 Å². The van der Waals surface area contributed by atoms with Crippen LogP contribution in [0.5, 0.6) is 0 Å². The summed E-state index contributed by atoms with van der Waals surface area (Å²) in [6, 6.07) is 3.48. The number of carbonyl (C=O) groups excluding carboxylic acids is 2. The van der Waals surface area contributed by atoms with Crippen molar-refractivity contribution in [3.63, 3.8) is 0 Å². The molecule has 2 heterocycles. The molecule has 19 heavy (non-hydrogen) atoms. The van der Waals surface area contributed by atoms with Gasteiger partial charge in [0.2, 0.25) is 0 Å². The molecule has 0 aromatic carbocycles. The zero-order chi connectivity index (χ0) is 14.0. The average Bonchev–Trinajstić information content (AvgIpc) is 2.95. The van der Waals surface area contributed by atoms with Crippen LogP contribution in [0.25, 0.3) is 0 Å². The van der Waals surface area contributed by atoms with Crippen LogP contribution in [0.1, 0.15) is 37.4 Å². The second-order valence-electron chi connectivity index (χ2n) is 4.05. The van der Waals surface area contributed by atoms with Crippen LogP contribution in [-0.4, -0.2) is 11.8 Å². The fourth-order valence-electron chi connectivity index (χ4n) is 1.75. The number of nitrogens with two attached hydrogens (primary N) is 1. The van der Waals surface area contributed by atoms with Crippen LogP contribution in [0.15, 0.2) is 17.5 Å². The van der Waals surface area contributed by atoms with Crippen molar-refractivity contribution in [3.05, 3.63) is 38.4 Å². The summed E-state index contributed by atoms with van der Waals surface area (Å²) < 4.78 is 0. The van der Waals surface area contributed by atoms with Crippen molar-refractivity contribution >= 4 is 39.5 Å². The van der Waals surface area contributed by atoms with Crippen molar-refractivity contribution in [1.29, 1.82) is 0 Å². The van der Waals surface area contributed by atoms with E-state index in [0.717, 1.165) is 12.0 Å². The molecule has 0 bridgehead atoms. The highest BCUT2D eigenvalue weighted by Gasteiger charge is 2.16. The van der Waals surface area contributed by atoms with Crippen molar-refractivity contribution in [1.82, 2.24) is 0 Å². The number of nitrogens with one attached hydrogen (secondary N) is 1. The van der Waals surface area contributed by atoms with Crippen LogP contribution in [0.4, 0.5) is 5.00 Å². The van der Waals surface area contributed by atoms with E-state index < -0.39 is 5.91 Å². The molecule has 6 heteroatoms. The summed E-state index contributed by atoms with van der Waals surface area (Å²) in [5, 5.41) is 4.97. The minimum Gasteiger partial charge on any atom is -0.366 e. The van der Waals surface area contributed by atoms with Crippen LogP contribution in [0.2, 0.25) is 0 Å². The molecule has 4 nitrogen and oxygen atoms in total. The molecular weight excluding hydrogens is 280 g/mol. The molecule has 0 aliphatic carbocycles. The third-order valence-electron chi connectivity index (χ3n) is 2.72. The molecule has 0 aliphatic rings. The zero-order valence-electron chi connectivity index (χ0n) is 10.6. The lowest BCUT2D eigenvalue weighted by atomic mass is 10.2. The van der Waals surface area contributed by atoms with Crippen molar-refractivity contribution in [2.45, 2.75) is 20.3 Å². The maximum absolute atomic E-state index is 12.1.